The van der Waals surface area contributed by atoms with Gasteiger partial charge in [-0.15, -0.1) is 0 Å². The van der Waals surface area contributed by atoms with Gasteiger partial charge in [0.1, 0.15) is 11.9 Å². The van der Waals surface area contributed by atoms with Gasteiger partial charge in [-0.05, 0) is 55.9 Å². The number of rotatable bonds is 5. The van der Waals surface area contributed by atoms with Crippen molar-refractivity contribution in [3.8, 4) is 0 Å². The first-order valence-corrected chi connectivity index (χ1v) is 15.0. The van der Waals surface area contributed by atoms with Crippen molar-refractivity contribution in [2.75, 3.05) is 32.7 Å². The number of alkyl halides is 1. The number of allylic oxidation sites excluding steroid dienone is 6. The van der Waals surface area contributed by atoms with Crippen molar-refractivity contribution in [2.24, 2.45) is 17.8 Å². The first-order chi connectivity index (χ1) is 19.2. The number of aliphatic hydroxyl groups is 1. The Morgan fingerprint density at radius 1 is 1.15 bits per heavy atom. The van der Waals surface area contributed by atoms with E-state index in [1.54, 1.807) is 17.1 Å². The molecule has 10 nitrogen and oxygen atoms in total. The molecule has 2 saturated heterocycles. The molecule has 3 N–H and O–H groups in total. The van der Waals surface area contributed by atoms with E-state index in [0.29, 0.717) is 45.3 Å². The molecule has 0 spiro atoms. The molecule has 0 aromatic heterocycles. The Bertz CT molecular complexity index is 1190. The van der Waals surface area contributed by atoms with Crippen molar-refractivity contribution in [2.45, 2.75) is 44.1 Å². The van der Waals surface area contributed by atoms with Gasteiger partial charge in [0, 0.05) is 67.1 Å². The number of carbonyl (C=O) groups excluding carboxylic acids is 2. The molecule has 2 fully saturated rings. The number of hydrazine groups is 1. The highest BCUT2D eigenvalue weighted by Gasteiger charge is 2.47. The average Bonchev–Trinajstić information content (AvgIpc) is 3.34. The van der Waals surface area contributed by atoms with Crippen molar-refractivity contribution >= 4 is 34.7 Å². The van der Waals surface area contributed by atoms with Crippen LogP contribution < -0.4 is 10.9 Å². The highest BCUT2D eigenvalue weighted by atomic mass is 35.5. The highest BCUT2D eigenvalue weighted by Crippen LogP contribution is 2.38. The zero-order valence-corrected chi connectivity index (χ0v) is 23.5. The van der Waals surface area contributed by atoms with Gasteiger partial charge in [-0.2, -0.15) is 0 Å². The summed E-state index contributed by atoms with van der Waals surface area (Å²) in [5.41, 5.74) is 6.51. The second kappa shape index (κ2) is 12.7. The van der Waals surface area contributed by atoms with Crippen molar-refractivity contribution in [3.05, 3.63) is 58.9 Å². The van der Waals surface area contributed by atoms with Crippen LogP contribution in [-0.2, 0) is 20.9 Å². The first kappa shape index (κ1) is 29.2. The minimum Gasteiger partial charge on any atom is -0.760 e. The number of nitrogens with zero attached hydrogens (tertiary/aromatic N) is 3. The molecule has 6 unspecified atom stereocenters. The molecule has 0 aromatic carbocycles. The zero-order valence-electron chi connectivity index (χ0n) is 22.0. The maximum atomic E-state index is 15.1. The average molecular weight is 595 g/mol. The summed E-state index contributed by atoms with van der Waals surface area (Å²) in [7, 11) is 0. The summed E-state index contributed by atoms with van der Waals surface area (Å²) in [5, 5.41) is 10.5. The van der Waals surface area contributed by atoms with Crippen molar-refractivity contribution < 1.29 is 27.8 Å². The first-order valence-electron chi connectivity index (χ1n) is 13.6. The summed E-state index contributed by atoms with van der Waals surface area (Å²) in [6, 6.07) is -0.273. The summed E-state index contributed by atoms with van der Waals surface area (Å²) in [6.07, 6.45) is 11.9. The van der Waals surface area contributed by atoms with E-state index in [9.17, 15) is 23.5 Å². The Kier molecular flexibility index (Phi) is 9.23. The predicted molar refractivity (Wildman–Crippen MR) is 147 cm³/mol. The Hall–Kier alpha value is -2.35. The molecule has 0 bridgehead atoms. The molecule has 0 aromatic rings. The van der Waals surface area contributed by atoms with E-state index in [4.69, 9.17) is 11.6 Å². The van der Waals surface area contributed by atoms with Crippen LogP contribution in [0.2, 0.25) is 0 Å². The van der Waals surface area contributed by atoms with Crippen LogP contribution in [0, 0.1) is 17.8 Å². The fourth-order valence-electron chi connectivity index (χ4n) is 6.41. The van der Waals surface area contributed by atoms with Gasteiger partial charge in [0.05, 0.1) is 12.1 Å². The third-order valence-corrected chi connectivity index (χ3v) is 9.60. The van der Waals surface area contributed by atoms with E-state index >= 15 is 4.39 Å². The molecule has 0 radical (unpaired) electrons. The van der Waals surface area contributed by atoms with Gasteiger partial charge in [0.15, 0.2) is 0 Å². The summed E-state index contributed by atoms with van der Waals surface area (Å²) < 4.78 is 41.1. The van der Waals surface area contributed by atoms with Gasteiger partial charge in [-0.25, -0.2) is 14.1 Å². The highest BCUT2D eigenvalue weighted by molar-refractivity contribution is 7.76. The number of halogens is 2. The maximum Gasteiger partial charge on any atom is 0.257 e. The van der Waals surface area contributed by atoms with Crippen molar-refractivity contribution in [3.63, 3.8) is 0 Å². The van der Waals surface area contributed by atoms with Gasteiger partial charge in [0.2, 0.25) is 5.91 Å². The number of nitrogens with one attached hydrogen (secondary N) is 2. The molecule has 0 saturated carbocycles. The predicted octanol–water partition coefficient (Wildman–Crippen LogP) is 1.95. The van der Waals surface area contributed by atoms with E-state index < -0.39 is 29.3 Å². The standard InChI is InChI=1S/C27H35ClFN5O5S/c28-18-5-3-17(4-6-18)24-2-1-11-32(12-13-34(24)40(38)39)27(37)22-16-33(25-9-10-26(36)31-30-25)15-21(22)20-8-7-19(35)14-23(20)29/h3,5,7-10,14,20-25,30,35H,1-2,4,6,11-13,15-16H2,(H,31,36)(H,38,39)/p-1/t20?,21-,22?,23?,24?,25?/m0/s1. The van der Waals surface area contributed by atoms with Crippen LogP contribution in [-0.4, -0.2) is 90.9 Å². The van der Waals surface area contributed by atoms with Gasteiger partial charge in [-0.1, -0.05) is 29.3 Å². The molecule has 2 amide bonds. The largest absolute Gasteiger partial charge is 0.760 e. The Balaban J connectivity index is 1.33. The summed E-state index contributed by atoms with van der Waals surface area (Å²) in [6.45, 7) is 1.60. The second-order valence-electron chi connectivity index (χ2n) is 10.8. The number of aliphatic hydroxyl groups excluding tert-OH is 1. The van der Waals surface area contributed by atoms with Crippen LogP contribution in [0.5, 0.6) is 0 Å². The van der Waals surface area contributed by atoms with Gasteiger partial charge < -0.3 is 14.6 Å². The third-order valence-electron chi connectivity index (χ3n) is 8.46. The van der Waals surface area contributed by atoms with Gasteiger partial charge in [0.25, 0.3) is 5.91 Å². The van der Waals surface area contributed by atoms with E-state index in [-0.39, 0.29) is 48.8 Å². The SMILES string of the molecule is O=C1C=CC(N2CC(C(=O)N3CCCC(C4=CC=C(Cl)CC4)N(S(=O)[O-])CC3)[C@H](C3C=CC(O)=CC3F)C2)NN1. The smallest absolute Gasteiger partial charge is 0.257 e. The molecule has 5 rings (SSSR count). The summed E-state index contributed by atoms with van der Waals surface area (Å²) in [4.78, 5) is 29.3. The molecule has 5 aliphatic rings. The molecule has 2 aliphatic carbocycles. The topological polar surface area (TPSA) is 128 Å². The van der Waals surface area contributed by atoms with Crippen LogP contribution in [0.15, 0.2) is 58.9 Å². The number of carbonyl (C=O) groups is 2. The number of hydrogen-bond donors (Lipinski definition) is 3. The van der Waals surface area contributed by atoms with Crippen LogP contribution in [0.3, 0.4) is 0 Å². The summed E-state index contributed by atoms with van der Waals surface area (Å²) in [5.74, 6) is -2.11. The number of hydrogen-bond acceptors (Lipinski definition) is 7. The second-order valence-corrected chi connectivity index (χ2v) is 12.2. The molecule has 218 valence electrons. The van der Waals surface area contributed by atoms with Gasteiger partial charge in [-0.3, -0.25) is 24.1 Å². The van der Waals surface area contributed by atoms with Crippen molar-refractivity contribution in [1.29, 1.82) is 0 Å². The molecule has 3 heterocycles. The molecule has 40 heavy (non-hydrogen) atoms. The van der Waals surface area contributed by atoms with E-state index in [2.05, 4.69) is 10.9 Å². The Morgan fingerprint density at radius 3 is 2.65 bits per heavy atom. The van der Waals surface area contributed by atoms with Crippen LogP contribution in [0.1, 0.15) is 25.7 Å². The molecular formula is C27H34ClFN5O5S-. The minimum absolute atomic E-state index is 0.141. The normalized spacial score (nSPS) is 34.8. The lowest BCUT2D eigenvalue weighted by atomic mass is 9.78. The Morgan fingerprint density at radius 2 is 1.98 bits per heavy atom. The summed E-state index contributed by atoms with van der Waals surface area (Å²) >= 11 is 3.64. The molecule has 13 heteroatoms. The van der Waals surface area contributed by atoms with Crippen LogP contribution in [0.25, 0.3) is 0 Å². The number of likely N-dealkylation sites (tertiary alicyclic amines) is 1. The number of amides is 2. The lowest BCUT2D eigenvalue weighted by Gasteiger charge is -2.40. The Labute approximate surface area is 240 Å². The molecule has 3 aliphatic heterocycles. The minimum atomic E-state index is -2.47. The van der Waals surface area contributed by atoms with E-state index in [0.717, 1.165) is 16.7 Å². The van der Waals surface area contributed by atoms with Crippen LogP contribution >= 0.6 is 11.6 Å². The fourth-order valence-corrected chi connectivity index (χ4v) is 7.24. The lowest BCUT2D eigenvalue weighted by molar-refractivity contribution is -0.137. The van der Waals surface area contributed by atoms with Crippen molar-refractivity contribution in [1.82, 2.24) is 25.0 Å². The lowest BCUT2D eigenvalue weighted by Crippen LogP contribution is -2.54. The third kappa shape index (κ3) is 6.42. The maximum absolute atomic E-state index is 15.1. The molecule has 7 atom stereocenters. The van der Waals surface area contributed by atoms with E-state index in [1.807, 2.05) is 17.1 Å². The van der Waals surface area contributed by atoms with Gasteiger partial charge >= 0.3 is 0 Å². The quantitative estimate of drug-likeness (QED) is 0.415. The monoisotopic (exact) mass is 594 g/mol. The van der Waals surface area contributed by atoms with Crippen LogP contribution in [0.4, 0.5) is 4.39 Å². The fraction of sp³-hybridized carbons (Fsp3) is 0.556. The van der Waals surface area contributed by atoms with E-state index in [1.165, 1.54) is 16.5 Å². The zero-order chi connectivity index (χ0) is 28.4. The molecular weight excluding hydrogens is 561 g/mol.